The maximum atomic E-state index is 12.1. The van der Waals surface area contributed by atoms with Crippen LogP contribution in [-0.2, 0) is 11.3 Å². The lowest BCUT2D eigenvalue weighted by molar-refractivity contribution is -0.885. The molecule has 1 aliphatic rings. The summed E-state index contributed by atoms with van der Waals surface area (Å²) in [6.45, 7) is 3.03. The zero-order valence-electron chi connectivity index (χ0n) is 11.7. The molecular weight excluding hydrogens is 338 g/mol. The molecule has 1 heterocycles. The number of nitrogens with zero attached hydrogens (tertiary/aromatic N) is 1. The van der Waals surface area contributed by atoms with Crippen LogP contribution in [0.1, 0.15) is 24.6 Å². The lowest BCUT2D eigenvalue weighted by atomic mass is 9.98. The van der Waals surface area contributed by atoms with E-state index in [0.717, 1.165) is 28.1 Å². The van der Waals surface area contributed by atoms with Crippen molar-refractivity contribution in [2.45, 2.75) is 31.8 Å². The number of rotatable bonds is 6. The van der Waals surface area contributed by atoms with Crippen LogP contribution in [0, 0.1) is 17.2 Å². The van der Waals surface area contributed by atoms with Crippen molar-refractivity contribution < 1.29 is 9.69 Å². The number of thiophene rings is 1. The monoisotopic (exact) mass is 356 g/mol. The van der Waals surface area contributed by atoms with Gasteiger partial charge < -0.3 is 10.2 Å². The zero-order valence-corrected chi connectivity index (χ0v) is 14.1. The number of nitriles is 1. The third kappa shape index (κ3) is 4.05. The summed E-state index contributed by atoms with van der Waals surface area (Å²) in [5.41, 5.74) is -0.691. The van der Waals surface area contributed by atoms with E-state index >= 15 is 0 Å². The van der Waals surface area contributed by atoms with E-state index in [9.17, 15) is 10.1 Å². The van der Waals surface area contributed by atoms with Gasteiger partial charge in [0.2, 0.25) is 0 Å². The Bertz CT molecular complexity index is 535. The SMILES string of the molecule is C[NH+](CC(=O)N[C@](C)(C#N)C1CC1)Cc1ccc(Br)s1. The topological polar surface area (TPSA) is 57.3 Å². The van der Waals surface area contributed by atoms with Crippen LogP contribution in [0.5, 0.6) is 0 Å². The molecule has 4 nitrogen and oxygen atoms in total. The molecule has 2 atom stereocenters. The van der Waals surface area contributed by atoms with Gasteiger partial charge in [-0.15, -0.1) is 11.3 Å². The van der Waals surface area contributed by atoms with Crippen LogP contribution < -0.4 is 10.2 Å². The molecule has 1 amide bonds. The van der Waals surface area contributed by atoms with Crippen LogP contribution in [0.2, 0.25) is 0 Å². The Morgan fingerprint density at radius 1 is 1.65 bits per heavy atom. The number of nitrogens with one attached hydrogen (secondary N) is 2. The normalized spacial score (nSPS) is 18.9. The van der Waals surface area contributed by atoms with E-state index in [0.29, 0.717) is 12.5 Å². The third-order valence-corrected chi connectivity index (χ3v) is 5.22. The van der Waals surface area contributed by atoms with Gasteiger partial charge in [0, 0.05) is 0 Å². The van der Waals surface area contributed by atoms with Crippen molar-refractivity contribution in [1.29, 1.82) is 5.26 Å². The van der Waals surface area contributed by atoms with Crippen LogP contribution in [0.15, 0.2) is 15.9 Å². The van der Waals surface area contributed by atoms with Gasteiger partial charge in [0.05, 0.1) is 21.8 Å². The number of halogens is 1. The second kappa shape index (κ2) is 6.25. The fourth-order valence-electron chi connectivity index (χ4n) is 2.30. The van der Waals surface area contributed by atoms with Gasteiger partial charge in [0.25, 0.3) is 5.91 Å². The van der Waals surface area contributed by atoms with Gasteiger partial charge in [-0.05, 0) is 53.7 Å². The molecule has 2 N–H and O–H groups in total. The highest BCUT2D eigenvalue weighted by molar-refractivity contribution is 9.11. The Labute approximate surface area is 131 Å². The summed E-state index contributed by atoms with van der Waals surface area (Å²) in [4.78, 5) is 14.4. The molecule has 0 aromatic carbocycles. The highest BCUT2D eigenvalue weighted by atomic mass is 79.9. The first kappa shape index (κ1) is 15.5. The van der Waals surface area contributed by atoms with Gasteiger partial charge in [0.1, 0.15) is 12.1 Å². The number of carbonyl (C=O) groups excluding carboxylic acids is 1. The largest absolute Gasteiger partial charge is 0.333 e. The molecule has 2 rings (SSSR count). The van der Waals surface area contributed by atoms with Crippen molar-refractivity contribution in [3.05, 3.63) is 20.8 Å². The highest BCUT2D eigenvalue weighted by Crippen LogP contribution is 2.39. The maximum absolute atomic E-state index is 12.1. The molecule has 0 radical (unpaired) electrons. The predicted octanol–water partition coefficient (Wildman–Crippen LogP) is 1.33. The maximum Gasteiger partial charge on any atom is 0.276 e. The van der Waals surface area contributed by atoms with Crippen molar-refractivity contribution in [1.82, 2.24) is 5.32 Å². The second-order valence-electron chi connectivity index (χ2n) is 5.65. The number of hydrogen-bond acceptors (Lipinski definition) is 3. The van der Waals surface area contributed by atoms with Crippen molar-refractivity contribution in [3.63, 3.8) is 0 Å². The number of carbonyl (C=O) groups is 1. The van der Waals surface area contributed by atoms with Gasteiger partial charge in [-0.3, -0.25) is 4.79 Å². The smallest absolute Gasteiger partial charge is 0.276 e. The molecule has 0 spiro atoms. The minimum absolute atomic E-state index is 0.0472. The Hall–Kier alpha value is -0.900. The predicted molar refractivity (Wildman–Crippen MR) is 82.4 cm³/mol. The van der Waals surface area contributed by atoms with E-state index in [1.807, 2.05) is 20.0 Å². The molecule has 1 saturated carbocycles. The summed E-state index contributed by atoms with van der Waals surface area (Å²) in [5.74, 6) is 0.277. The van der Waals surface area contributed by atoms with E-state index in [1.54, 1.807) is 11.3 Å². The molecule has 0 aliphatic heterocycles. The fourth-order valence-corrected chi connectivity index (χ4v) is 3.89. The molecule has 0 saturated heterocycles. The first-order chi connectivity index (χ1) is 9.43. The number of likely N-dealkylation sites (N-methyl/N-ethyl adjacent to an activating group) is 1. The van der Waals surface area contributed by atoms with Crippen LogP contribution >= 0.6 is 27.3 Å². The first-order valence-corrected chi connectivity index (χ1v) is 8.31. The quantitative estimate of drug-likeness (QED) is 0.807. The van der Waals surface area contributed by atoms with Crippen molar-refractivity contribution in [2.24, 2.45) is 5.92 Å². The number of quaternary nitrogens is 1. The van der Waals surface area contributed by atoms with Gasteiger partial charge in [-0.2, -0.15) is 5.26 Å². The standard InChI is InChI=1S/C14H18BrN3OS/c1-14(9-16,10-3-4-10)17-13(19)8-18(2)7-11-5-6-12(15)20-11/h5-6,10H,3-4,7-8H2,1-2H3,(H,17,19)/p+1/t14-/m1/s1. The zero-order chi connectivity index (χ0) is 14.8. The number of amides is 1. The molecular formula is C14H19BrN3OS+. The molecule has 1 fully saturated rings. The van der Waals surface area contributed by atoms with Gasteiger partial charge >= 0.3 is 0 Å². The van der Waals surface area contributed by atoms with Gasteiger partial charge in [-0.25, -0.2) is 0 Å². The summed E-state index contributed by atoms with van der Waals surface area (Å²) in [6, 6.07) is 6.34. The van der Waals surface area contributed by atoms with E-state index < -0.39 is 5.54 Å². The van der Waals surface area contributed by atoms with Gasteiger partial charge in [0.15, 0.2) is 6.54 Å². The summed E-state index contributed by atoms with van der Waals surface area (Å²) in [6.07, 6.45) is 2.08. The van der Waals surface area contributed by atoms with E-state index in [-0.39, 0.29) is 5.91 Å². The Balaban J connectivity index is 1.83. The van der Waals surface area contributed by atoms with Crippen molar-refractivity contribution >= 4 is 33.2 Å². The van der Waals surface area contributed by atoms with Crippen molar-refractivity contribution in [2.75, 3.05) is 13.6 Å². The molecule has 108 valence electrons. The second-order valence-corrected chi connectivity index (χ2v) is 8.20. The fraction of sp³-hybridized carbons (Fsp3) is 0.571. The summed E-state index contributed by atoms with van der Waals surface area (Å²) >= 11 is 5.13. The third-order valence-electron chi connectivity index (χ3n) is 3.59. The summed E-state index contributed by atoms with van der Waals surface area (Å²) < 4.78 is 1.11. The molecule has 1 aliphatic carbocycles. The van der Waals surface area contributed by atoms with E-state index in [4.69, 9.17) is 0 Å². The minimum atomic E-state index is -0.691. The van der Waals surface area contributed by atoms with Gasteiger partial charge in [-0.1, -0.05) is 0 Å². The van der Waals surface area contributed by atoms with E-state index in [1.165, 1.54) is 4.88 Å². The van der Waals surface area contributed by atoms with Crippen LogP contribution in [-0.4, -0.2) is 25.0 Å². The van der Waals surface area contributed by atoms with Crippen LogP contribution in [0.25, 0.3) is 0 Å². The lowest BCUT2D eigenvalue weighted by Gasteiger charge is -2.23. The first-order valence-electron chi connectivity index (χ1n) is 6.71. The average molecular weight is 357 g/mol. The molecule has 1 aromatic heterocycles. The molecule has 1 aromatic rings. The lowest BCUT2D eigenvalue weighted by Crippen LogP contribution is -3.09. The molecule has 6 heteroatoms. The Morgan fingerprint density at radius 3 is 2.85 bits per heavy atom. The van der Waals surface area contributed by atoms with Crippen LogP contribution in [0.4, 0.5) is 0 Å². The van der Waals surface area contributed by atoms with Crippen LogP contribution in [0.3, 0.4) is 0 Å². The summed E-state index contributed by atoms with van der Waals surface area (Å²) in [5, 5.41) is 12.1. The average Bonchev–Trinajstić information content (AvgIpc) is 3.14. The Morgan fingerprint density at radius 2 is 2.35 bits per heavy atom. The molecule has 20 heavy (non-hydrogen) atoms. The Kier molecular flexibility index (Phi) is 4.84. The minimum Gasteiger partial charge on any atom is -0.333 e. The highest BCUT2D eigenvalue weighted by Gasteiger charge is 2.43. The van der Waals surface area contributed by atoms with Crippen molar-refractivity contribution in [3.8, 4) is 6.07 Å². The number of hydrogen-bond donors (Lipinski definition) is 2. The molecule has 0 bridgehead atoms. The van der Waals surface area contributed by atoms with E-state index in [2.05, 4.69) is 33.4 Å². The molecule has 1 unspecified atom stereocenters. The summed E-state index contributed by atoms with van der Waals surface area (Å²) in [7, 11) is 1.99.